The lowest BCUT2D eigenvalue weighted by atomic mass is 9.88. The molecular weight excluding hydrogens is 362 g/mol. The molecule has 166 valence electrons. The fraction of sp³-hybridized carbons (Fsp3) is 0.800. The van der Waals surface area contributed by atoms with E-state index in [2.05, 4.69) is 19.1 Å². The Hall–Kier alpha value is -1.13. The minimum absolute atomic E-state index is 0.166. The summed E-state index contributed by atoms with van der Waals surface area (Å²) in [7, 11) is 3.62. The summed E-state index contributed by atoms with van der Waals surface area (Å²) < 4.78 is 0. The zero-order valence-corrected chi connectivity index (χ0v) is 18.9. The maximum Gasteiger partial charge on any atom is 0.222 e. The normalized spacial score (nSPS) is 27.3. The van der Waals surface area contributed by atoms with Gasteiger partial charge in [0.2, 0.25) is 5.91 Å². The van der Waals surface area contributed by atoms with E-state index in [1.165, 1.54) is 31.3 Å². The van der Waals surface area contributed by atoms with Crippen LogP contribution in [0.25, 0.3) is 0 Å². The van der Waals surface area contributed by atoms with Gasteiger partial charge in [0.05, 0.1) is 12.2 Å². The molecule has 2 aliphatic rings. The van der Waals surface area contributed by atoms with Crippen LogP contribution in [-0.2, 0) is 4.79 Å². The highest BCUT2D eigenvalue weighted by Crippen LogP contribution is 2.48. The molecule has 4 heteroatoms. The summed E-state index contributed by atoms with van der Waals surface area (Å²) >= 11 is 0. The van der Waals surface area contributed by atoms with Crippen LogP contribution in [-0.4, -0.2) is 47.3 Å². The van der Waals surface area contributed by atoms with Crippen molar-refractivity contribution in [2.75, 3.05) is 14.1 Å². The molecule has 2 N–H and O–H groups in total. The zero-order valence-electron chi connectivity index (χ0n) is 18.9. The second kappa shape index (κ2) is 12.5. The Kier molecular flexibility index (Phi) is 10.4. The third-order valence-electron chi connectivity index (χ3n) is 6.75. The van der Waals surface area contributed by atoms with Crippen LogP contribution in [0.2, 0.25) is 0 Å². The fourth-order valence-corrected chi connectivity index (χ4v) is 4.95. The van der Waals surface area contributed by atoms with Gasteiger partial charge in [-0.05, 0) is 50.4 Å². The van der Waals surface area contributed by atoms with E-state index in [4.69, 9.17) is 0 Å². The van der Waals surface area contributed by atoms with Crippen molar-refractivity contribution in [2.24, 2.45) is 17.8 Å². The fourth-order valence-electron chi connectivity index (χ4n) is 4.95. The molecule has 4 nitrogen and oxygen atoms in total. The quantitative estimate of drug-likeness (QED) is 0.340. The van der Waals surface area contributed by atoms with Crippen LogP contribution >= 0.6 is 0 Å². The first-order valence-electron chi connectivity index (χ1n) is 11.9. The molecule has 0 aromatic rings. The van der Waals surface area contributed by atoms with Gasteiger partial charge in [-0.15, -0.1) is 0 Å². The van der Waals surface area contributed by atoms with Crippen LogP contribution < -0.4 is 0 Å². The van der Waals surface area contributed by atoms with E-state index in [-0.39, 0.29) is 24.0 Å². The lowest BCUT2D eigenvalue weighted by Gasteiger charge is -2.19. The predicted octanol–water partition coefficient (Wildman–Crippen LogP) is 4.86. The first-order chi connectivity index (χ1) is 13.9. The Bertz CT molecular complexity index is 554. The zero-order chi connectivity index (χ0) is 21.2. The molecule has 29 heavy (non-hydrogen) atoms. The van der Waals surface area contributed by atoms with Crippen LogP contribution in [0, 0.1) is 17.8 Å². The van der Waals surface area contributed by atoms with E-state index >= 15 is 0 Å². The Balaban J connectivity index is 1.71. The molecule has 0 radical (unpaired) electrons. The molecule has 0 saturated heterocycles. The standard InChI is InChI=1S/C25H43NO3/c1-4-5-6-7-8-12-21(27)14-15-22-23-17-19(16-20(23)18-24(22)28)11-9-10-13-25(29)26(2)3/h14-16,20-24,27-28H,4-13,17-18H2,1-3H3/b15-14+/t20-,21+,22+,23-,24+/m0/s1. The van der Waals surface area contributed by atoms with Crippen molar-refractivity contribution in [3.8, 4) is 0 Å². The van der Waals surface area contributed by atoms with Crippen molar-refractivity contribution < 1.29 is 15.0 Å². The molecule has 0 aromatic carbocycles. The average molecular weight is 406 g/mol. The Morgan fingerprint density at radius 1 is 1.21 bits per heavy atom. The van der Waals surface area contributed by atoms with Crippen molar-refractivity contribution >= 4 is 5.91 Å². The Labute approximate surface area is 178 Å². The molecule has 2 aliphatic carbocycles. The van der Waals surface area contributed by atoms with E-state index in [1.54, 1.807) is 4.90 Å². The first-order valence-corrected chi connectivity index (χ1v) is 11.9. The summed E-state index contributed by atoms with van der Waals surface area (Å²) in [4.78, 5) is 13.3. The number of carbonyl (C=O) groups excluding carboxylic acids is 1. The van der Waals surface area contributed by atoms with Crippen LogP contribution in [0.5, 0.6) is 0 Å². The van der Waals surface area contributed by atoms with E-state index in [0.29, 0.717) is 18.3 Å². The highest BCUT2D eigenvalue weighted by molar-refractivity contribution is 5.75. The maximum absolute atomic E-state index is 11.7. The molecule has 0 spiro atoms. The summed E-state index contributed by atoms with van der Waals surface area (Å²) in [6.45, 7) is 2.22. The SMILES string of the molecule is CCCCCCC[C@@H](O)/C=C/[C@@H]1[C@H]2CC(CCCCC(=O)N(C)C)=C[C@H]2C[C@H]1O. The lowest BCUT2D eigenvalue weighted by Crippen LogP contribution is -2.21. The Morgan fingerprint density at radius 3 is 2.69 bits per heavy atom. The largest absolute Gasteiger partial charge is 0.392 e. The number of carbonyl (C=O) groups is 1. The molecule has 1 amide bonds. The molecule has 0 aromatic heterocycles. The van der Waals surface area contributed by atoms with Crippen LogP contribution in [0.15, 0.2) is 23.8 Å². The van der Waals surface area contributed by atoms with Gasteiger partial charge in [0.15, 0.2) is 0 Å². The van der Waals surface area contributed by atoms with Gasteiger partial charge in [-0.2, -0.15) is 0 Å². The summed E-state index contributed by atoms with van der Waals surface area (Å²) in [5.41, 5.74) is 1.50. The number of aliphatic hydroxyl groups excluding tert-OH is 2. The van der Waals surface area contributed by atoms with Gasteiger partial charge in [-0.25, -0.2) is 0 Å². The van der Waals surface area contributed by atoms with E-state index in [0.717, 1.165) is 44.9 Å². The van der Waals surface area contributed by atoms with Gasteiger partial charge >= 0.3 is 0 Å². The summed E-state index contributed by atoms with van der Waals surface area (Å²) in [6.07, 6.45) is 18.2. The van der Waals surface area contributed by atoms with Crippen molar-refractivity contribution in [1.29, 1.82) is 0 Å². The number of aliphatic hydroxyl groups is 2. The smallest absolute Gasteiger partial charge is 0.222 e. The molecule has 0 aliphatic heterocycles. The summed E-state index contributed by atoms with van der Waals surface area (Å²) in [6, 6.07) is 0. The van der Waals surface area contributed by atoms with Crippen LogP contribution in [0.4, 0.5) is 0 Å². The summed E-state index contributed by atoms with van der Waals surface area (Å²) in [5, 5.41) is 20.7. The van der Waals surface area contributed by atoms with Crippen molar-refractivity contribution in [3.05, 3.63) is 23.8 Å². The van der Waals surface area contributed by atoms with Crippen molar-refractivity contribution in [2.45, 2.75) is 96.2 Å². The molecule has 1 saturated carbocycles. The van der Waals surface area contributed by atoms with E-state index in [1.807, 2.05) is 20.2 Å². The number of allylic oxidation sites excluding steroid dienone is 2. The number of rotatable bonds is 13. The van der Waals surface area contributed by atoms with Crippen molar-refractivity contribution in [1.82, 2.24) is 4.90 Å². The highest BCUT2D eigenvalue weighted by Gasteiger charge is 2.43. The van der Waals surface area contributed by atoms with Gasteiger partial charge < -0.3 is 15.1 Å². The van der Waals surface area contributed by atoms with Gasteiger partial charge in [0.1, 0.15) is 0 Å². The van der Waals surface area contributed by atoms with Crippen molar-refractivity contribution in [3.63, 3.8) is 0 Å². The molecular formula is C25H43NO3. The second-order valence-corrected chi connectivity index (χ2v) is 9.39. The minimum atomic E-state index is -0.383. The topological polar surface area (TPSA) is 60.8 Å². The molecule has 0 bridgehead atoms. The third-order valence-corrected chi connectivity index (χ3v) is 6.75. The first kappa shape index (κ1) is 24.1. The Morgan fingerprint density at radius 2 is 1.97 bits per heavy atom. The molecule has 1 fully saturated rings. The van der Waals surface area contributed by atoms with Crippen LogP contribution in [0.1, 0.15) is 84.0 Å². The molecule has 5 atom stereocenters. The number of hydrogen-bond donors (Lipinski definition) is 2. The highest BCUT2D eigenvalue weighted by atomic mass is 16.3. The minimum Gasteiger partial charge on any atom is -0.392 e. The van der Waals surface area contributed by atoms with Gasteiger partial charge in [0, 0.05) is 26.4 Å². The third kappa shape index (κ3) is 7.90. The van der Waals surface area contributed by atoms with Gasteiger partial charge in [0.25, 0.3) is 0 Å². The average Bonchev–Trinajstić information content (AvgIpc) is 3.19. The number of unbranched alkanes of at least 4 members (excludes halogenated alkanes) is 5. The van der Waals surface area contributed by atoms with Crippen LogP contribution in [0.3, 0.4) is 0 Å². The number of amides is 1. The molecule has 2 rings (SSSR count). The predicted molar refractivity (Wildman–Crippen MR) is 119 cm³/mol. The van der Waals surface area contributed by atoms with Gasteiger partial charge in [-0.1, -0.05) is 62.8 Å². The number of hydrogen-bond acceptors (Lipinski definition) is 3. The summed E-state index contributed by atoms with van der Waals surface area (Å²) in [5.74, 6) is 1.33. The second-order valence-electron chi connectivity index (χ2n) is 9.39. The maximum atomic E-state index is 11.7. The van der Waals surface area contributed by atoms with E-state index < -0.39 is 0 Å². The molecule has 0 unspecified atom stereocenters. The number of nitrogens with zero attached hydrogens (tertiary/aromatic N) is 1. The molecule has 0 heterocycles. The number of fused-ring (bicyclic) bond motifs is 1. The van der Waals surface area contributed by atoms with Gasteiger partial charge in [-0.3, -0.25) is 4.79 Å². The van der Waals surface area contributed by atoms with E-state index in [9.17, 15) is 15.0 Å². The lowest BCUT2D eigenvalue weighted by molar-refractivity contribution is -0.128. The monoisotopic (exact) mass is 405 g/mol.